The first-order chi connectivity index (χ1) is 9.09. The molecule has 0 aliphatic carbocycles. The topological polar surface area (TPSA) is 0 Å². The van der Waals surface area contributed by atoms with Crippen molar-refractivity contribution in [2.24, 2.45) is 0 Å². The van der Waals surface area contributed by atoms with E-state index in [1.54, 1.807) is 0 Å². The third-order valence-electron chi connectivity index (χ3n) is 2.98. The summed E-state index contributed by atoms with van der Waals surface area (Å²) >= 11 is 0. The largest absolute Gasteiger partial charge is 2.00 e. The van der Waals surface area contributed by atoms with Crippen LogP contribution in [0.4, 0.5) is 0 Å². The fourth-order valence-electron chi connectivity index (χ4n) is 2.19. The van der Waals surface area contributed by atoms with Crippen molar-refractivity contribution in [2.75, 3.05) is 0 Å². The third-order valence-corrected chi connectivity index (χ3v) is 5.08. The van der Waals surface area contributed by atoms with Gasteiger partial charge in [-0.3, -0.25) is 0 Å². The molecule has 0 aliphatic rings. The Morgan fingerprint density at radius 1 is 0.667 bits per heavy atom. The maximum Gasteiger partial charge on any atom is 2.00 e. The predicted octanol–water partition coefficient (Wildman–Crippen LogP) is 6.58. The Labute approximate surface area is 156 Å². The van der Waals surface area contributed by atoms with E-state index in [0.717, 1.165) is 0 Å². The Bertz CT molecular complexity index is 296. The first-order valence-corrected chi connectivity index (χ1v) is 15.4. The van der Waals surface area contributed by atoms with Crippen LogP contribution < -0.4 is 0 Å². The summed E-state index contributed by atoms with van der Waals surface area (Å²) in [5.74, 6) is 0. The van der Waals surface area contributed by atoms with Crippen LogP contribution in [0, 0.1) is 11.4 Å². The quantitative estimate of drug-likeness (QED) is 0.233. The average Bonchev–Trinajstić information content (AvgIpc) is 2.27. The monoisotopic (exact) mass is 398 g/mol. The molecule has 0 aromatic carbocycles. The zero-order valence-corrected chi connectivity index (χ0v) is 20.2. The number of hydrogen-bond acceptors (Lipinski definition) is 0. The summed E-state index contributed by atoms with van der Waals surface area (Å²) in [6, 6.07) is 0. The first-order valence-electron chi connectivity index (χ1n) is 8.37. The summed E-state index contributed by atoms with van der Waals surface area (Å²) in [7, 11) is -2.56. The molecule has 0 aromatic rings. The molecule has 0 heterocycles. The van der Waals surface area contributed by atoms with E-state index in [4.69, 9.17) is 0 Å². The molecular weight excluding hydrogens is 364 g/mol. The molecule has 0 bridgehead atoms. The number of hydrogen-bond donors (Lipinski definition) is 0. The van der Waals surface area contributed by atoms with E-state index >= 15 is 0 Å². The van der Waals surface area contributed by atoms with Crippen LogP contribution in [-0.4, -0.2) is 16.1 Å². The molecule has 0 radical (unpaired) electrons. The molecule has 0 saturated heterocycles. The zero-order chi connectivity index (χ0) is 15.8. The molecule has 0 rings (SSSR count). The Morgan fingerprint density at radius 2 is 0.952 bits per heavy atom. The van der Waals surface area contributed by atoms with Gasteiger partial charge in [0.2, 0.25) is 0 Å². The van der Waals surface area contributed by atoms with Gasteiger partial charge in [-0.05, 0) is 16.1 Å². The Kier molecular flexibility index (Phi) is 13.0. The fraction of sp³-hybridized carbons (Fsp3) is 0.778. The van der Waals surface area contributed by atoms with Gasteiger partial charge < -0.3 is 22.5 Å². The molecule has 0 atom stereocenters. The molecule has 0 saturated carbocycles. The van der Waals surface area contributed by atoms with Gasteiger partial charge in [-0.1, -0.05) is 78.8 Å². The van der Waals surface area contributed by atoms with Crippen molar-refractivity contribution in [3.8, 4) is 0 Å². The van der Waals surface area contributed by atoms with Gasteiger partial charge >= 0.3 is 26.2 Å². The van der Waals surface area contributed by atoms with Crippen molar-refractivity contribution in [1.29, 1.82) is 0 Å². The van der Waals surface area contributed by atoms with Gasteiger partial charge in [0.05, 0.1) is 0 Å². The minimum absolute atomic E-state index is 0. The van der Waals surface area contributed by atoms with Crippen molar-refractivity contribution in [2.45, 2.75) is 91.7 Å². The van der Waals surface area contributed by atoms with Crippen molar-refractivity contribution in [1.82, 2.24) is 0 Å². The molecule has 0 spiro atoms. The molecule has 0 unspecified atom stereocenters. The molecule has 0 nitrogen and oxygen atoms in total. The summed E-state index contributed by atoms with van der Waals surface area (Å²) in [6.07, 6.45) is 7.52. The summed E-state index contributed by atoms with van der Waals surface area (Å²) in [5.41, 5.74) is 10.8. The second kappa shape index (κ2) is 11.4. The van der Waals surface area contributed by atoms with Gasteiger partial charge in [0.25, 0.3) is 0 Å². The van der Waals surface area contributed by atoms with Crippen molar-refractivity contribution >= 4 is 16.1 Å². The Balaban J connectivity index is 0. The molecule has 3 heteroatoms. The molecule has 120 valence electrons. The maximum atomic E-state index is 3.90. The molecule has 0 aromatic heterocycles. The standard InChI is InChI=1S/C18H36Si2.Zr/c1-9-11-13-17(15-19(3,4)5)18(14-12-10-2)16-20(6,7)8;/h9-14H2,1-8H3;/q-2;+2. The van der Waals surface area contributed by atoms with E-state index in [1.165, 1.54) is 49.7 Å². The summed E-state index contributed by atoms with van der Waals surface area (Å²) in [6.45, 7) is 18.9. The van der Waals surface area contributed by atoms with Crippen LogP contribution in [0.3, 0.4) is 0 Å². The second-order valence-corrected chi connectivity index (χ2v) is 17.4. The fourth-order valence-corrected chi connectivity index (χ4v) is 4.55. The zero-order valence-electron chi connectivity index (χ0n) is 15.7. The summed E-state index contributed by atoms with van der Waals surface area (Å²) in [5, 5.41) is 0. The van der Waals surface area contributed by atoms with Crippen LogP contribution in [0.2, 0.25) is 39.3 Å². The van der Waals surface area contributed by atoms with Crippen molar-refractivity contribution < 1.29 is 26.2 Å². The Hall–Kier alpha value is 0.797. The molecule has 0 N–H and O–H groups in total. The van der Waals surface area contributed by atoms with Gasteiger partial charge in [-0.25, -0.2) is 0 Å². The van der Waals surface area contributed by atoms with Crippen LogP contribution in [0.1, 0.15) is 52.4 Å². The Morgan fingerprint density at radius 3 is 1.14 bits per heavy atom. The minimum atomic E-state index is -1.28. The van der Waals surface area contributed by atoms with Crippen molar-refractivity contribution in [3.63, 3.8) is 0 Å². The average molecular weight is 400 g/mol. The van der Waals surface area contributed by atoms with Gasteiger partial charge in [0.15, 0.2) is 0 Å². The molecule has 0 aliphatic heterocycles. The number of rotatable bonds is 9. The van der Waals surface area contributed by atoms with Gasteiger partial charge in [0.1, 0.15) is 0 Å². The van der Waals surface area contributed by atoms with Crippen LogP contribution in [-0.2, 0) is 26.2 Å². The minimum Gasteiger partial charge on any atom is -0.377 e. The van der Waals surface area contributed by atoms with Gasteiger partial charge in [0, 0.05) is 0 Å². The smallest absolute Gasteiger partial charge is 0.377 e. The van der Waals surface area contributed by atoms with Crippen LogP contribution in [0.5, 0.6) is 0 Å². The van der Waals surface area contributed by atoms with E-state index in [0.29, 0.717) is 0 Å². The normalized spacial score (nSPS) is 14.1. The first kappa shape index (κ1) is 24.1. The van der Waals surface area contributed by atoms with E-state index in [-0.39, 0.29) is 26.2 Å². The van der Waals surface area contributed by atoms with Crippen LogP contribution in [0.25, 0.3) is 0 Å². The molecule has 0 fully saturated rings. The van der Waals surface area contributed by atoms with Gasteiger partial charge in [-0.15, -0.1) is 12.8 Å². The SMILES string of the molecule is CCCCC(=[C-][Si](C)(C)C)C(=[C-][Si](C)(C)C)CCCC.[Zr+2]. The third kappa shape index (κ3) is 14.1. The van der Waals surface area contributed by atoms with E-state index < -0.39 is 16.1 Å². The van der Waals surface area contributed by atoms with Crippen LogP contribution >= 0.6 is 0 Å². The molecular formula is C18H36Si2Zr. The van der Waals surface area contributed by atoms with E-state index in [9.17, 15) is 0 Å². The molecule has 0 amide bonds. The van der Waals surface area contributed by atoms with Crippen LogP contribution in [0.15, 0.2) is 11.1 Å². The van der Waals surface area contributed by atoms with Gasteiger partial charge in [-0.2, -0.15) is 0 Å². The summed E-state index contributed by atoms with van der Waals surface area (Å²) < 4.78 is 0. The molecule has 21 heavy (non-hydrogen) atoms. The second-order valence-electron chi connectivity index (χ2n) is 7.91. The maximum absolute atomic E-state index is 3.90. The summed E-state index contributed by atoms with van der Waals surface area (Å²) in [4.78, 5) is 0. The number of unbranched alkanes of at least 4 members (excludes halogenated alkanes) is 2. The predicted molar refractivity (Wildman–Crippen MR) is 99.3 cm³/mol. The van der Waals surface area contributed by atoms with Crippen molar-refractivity contribution in [3.05, 3.63) is 22.5 Å². The van der Waals surface area contributed by atoms with E-state index in [2.05, 4.69) is 64.5 Å². The van der Waals surface area contributed by atoms with E-state index in [1.807, 2.05) is 0 Å². The number of allylic oxidation sites excluding steroid dienone is 2.